The van der Waals surface area contributed by atoms with Gasteiger partial charge in [0.05, 0.1) is 17.1 Å². The summed E-state index contributed by atoms with van der Waals surface area (Å²) in [5, 5.41) is 13.5. The average molecular weight is 330 g/mol. The molecule has 1 heterocycles. The number of carbonyl (C=O) groups excluding carboxylic acids is 1. The third-order valence-corrected chi connectivity index (χ3v) is 3.83. The highest BCUT2D eigenvalue weighted by molar-refractivity contribution is 6.31. The summed E-state index contributed by atoms with van der Waals surface area (Å²) in [7, 11) is 0. The first kappa shape index (κ1) is 15.5. The van der Waals surface area contributed by atoms with Gasteiger partial charge in [-0.05, 0) is 30.7 Å². The van der Waals surface area contributed by atoms with Crippen LogP contribution in [0.4, 0.5) is 0 Å². The number of benzene rings is 2. The molecule has 0 saturated heterocycles. The van der Waals surface area contributed by atoms with Crippen molar-refractivity contribution >= 4 is 28.5 Å². The summed E-state index contributed by atoms with van der Waals surface area (Å²) in [6, 6.07) is 13.8. The van der Waals surface area contributed by atoms with Crippen LogP contribution in [0.25, 0.3) is 11.0 Å². The van der Waals surface area contributed by atoms with Crippen molar-refractivity contribution in [1.82, 2.24) is 15.3 Å². The SMILES string of the molecule is CC(NC(=O)C(O)c1ccccc1)c1nc2ccc(Cl)cc2[nH]1. The number of aromatic nitrogens is 2. The largest absolute Gasteiger partial charge is 0.378 e. The van der Waals surface area contributed by atoms with Crippen LogP contribution in [0, 0.1) is 0 Å². The van der Waals surface area contributed by atoms with E-state index in [1.165, 1.54) is 0 Å². The Morgan fingerprint density at radius 2 is 2.00 bits per heavy atom. The lowest BCUT2D eigenvalue weighted by molar-refractivity contribution is -0.130. The van der Waals surface area contributed by atoms with Crippen molar-refractivity contribution < 1.29 is 9.90 Å². The van der Waals surface area contributed by atoms with Crippen molar-refractivity contribution in [3.05, 3.63) is 64.9 Å². The van der Waals surface area contributed by atoms with Crippen LogP contribution in [0.2, 0.25) is 5.02 Å². The van der Waals surface area contributed by atoms with Crippen molar-refractivity contribution in [2.45, 2.75) is 19.1 Å². The zero-order valence-corrected chi connectivity index (χ0v) is 13.2. The van der Waals surface area contributed by atoms with E-state index in [9.17, 15) is 9.90 Å². The Balaban J connectivity index is 1.74. The van der Waals surface area contributed by atoms with Crippen LogP contribution >= 0.6 is 11.6 Å². The van der Waals surface area contributed by atoms with Gasteiger partial charge >= 0.3 is 0 Å². The minimum atomic E-state index is -1.21. The number of H-pyrrole nitrogens is 1. The molecule has 6 heteroatoms. The Morgan fingerprint density at radius 3 is 2.74 bits per heavy atom. The van der Waals surface area contributed by atoms with E-state index < -0.39 is 12.0 Å². The molecular weight excluding hydrogens is 314 g/mol. The van der Waals surface area contributed by atoms with Gasteiger partial charge in [0.2, 0.25) is 0 Å². The fourth-order valence-corrected chi connectivity index (χ4v) is 2.53. The molecule has 2 aromatic carbocycles. The van der Waals surface area contributed by atoms with Crippen LogP contribution in [-0.2, 0) is 4.79 Å². The topological polar surface area (TPSA) is 78.0 Å². The third kappa shape index (κ3) is 3.36. The fraction of sp³-hybridized carbons (Fsp3) is 0.176. The summed E-state index contributed by atoms with van der Waals surface area (Å²) in [4.78, 5) is 19.7. The Morgan fingerprint density at radius 1 is 1.26 bits per heavy atom. The van der Waals surface area contributed by atoms with Crippen LogP contribution in [0.1, 0.15) is 30.5 Å². The van der Waals surface area contributed by atoms with Gasteiger partial charge in [-0.15, -0.1) is 0 Å². The molecule has 0 aliphatic heterocycles. The number of amides is 1. The molecular formula is C17H16ClN3O2. The number of nitrogens with zero attached hydrogens (tertiary/aromatic N) is 1. The second-order valence-corrected chi connectivity index (χ2v) is 5.76. The van der Waals surface area contributed by atoms with Gasteiger partial charge < -0.3 is 15.4 Å². The zero-order chi connectivity index (χ0) is 16.4. The van der Waals surface area contributed by atoms with Crippen molar-refractivity contribution in [1.29, 1.82) is 0 Å². The monoisotopic (exact) mass is 329 g/mol. The van der Waals surface area contributed by atoms with Gasteiger partial charge in [0, 0.05) is 5.02 Å². The number of fused-ring (bicyclic) bond motifs is 1. The van der Waals surface area contributed by atoms with E-state index in [-0.39, 0.29) is 6.04 Å². The maximum Gasteiger partial charge on any atom is 0.254 e. The molecule has 1 aromatic heterocycles. The molecule has 2 unspecified atom stereocenters. The molecule has 23 heavy (non-hydrogen) atoms. The minimum Gasteiger partial charge on any atom is -0.378 e. The number of rotatable bonds is 4. The number of aliphatic hydroxyl groups excluding tert-OH is 1. The summed E-state index contributed by atoms with van der Waals surface area (Å²) < 4.78 is 0. The predicted molar refractivity (Wildman–Crippen MR) is 89.1 cm³/mol. The molecule has 2 atom stereocenters. The fourth-order valence-electron chi connectivity index (χ4n) is 2.35. The quantitative estimate of drug-likeness (QED) is 0.688. The number of halogens is 1. The number of aromatic amines is 1. The Labute approximate surface area is 138 Å². The number of carbonyl (C=O) groups is 1. The normalized spacial score (nSPS) is 13.7. The van der Waals surface area contributed by atoms with Gasteiger partial charge in [-0.25, -0.2) is 4.98 Å². The van der Waals surface area contributed by atoms with Crippen molar-refractivity contribution in [3.63, 3.8) is 0 Å². The van der Waals surface area contributed by atoms with Crippen LogP contribution < -0.4 is 5.32 Å². The molecule has 3 aromatic rings. The number of nitrogens with one attached hydrogen (secondary N) is 2. The molecule has 0 radical (unpaired) electrons. The highest BCUT2D eigenvalue weighted by Gasteiger charge is 2.20. The lowest BCUT2D eigenvalue weighted by atomic mass is 10.1. The highest BCUT2D eigenvalue weighted by atomic mass is 35.5. The second-order valence-electron chi connectivity index (χ2n) is 5.33. The standard InChI is InChI=1S/C17H16ClN3O2/c1-10(16-20-13-8-7-12(18)9-14(13)21-16)19-17(23)15(22)11-5-3-2-4-6-11/h2-10,15,22H,1H3,(H,19,23)(H,20,21). The Hall–Kier alpha value is -2.37. The van der Waals surface area contributed by atoms with E-state index in [1.54, 1.807) is 43.3 Å². The molecule has 0 spiro atoms. The van der Waals surface area contributed by atoms with E-state index in [0.29, 0.717) is 16.4 Å². The number of aliphatic hydroxyl groups is 1. The summed E-state index contributed by atoms with van der Waals surface area (Å²) >= 11 is 5.95. The van der Waals surface area contributed by atoms with Crippen LogP contribution in [0.15, 0.2) is 48.5 Å². The van der Waals surface area contributed by atoms with Gasteiger partial charge in [0.15, 0.2) is 6.10 Å². The lowest BCUT2D eigenvalue weighted by Crippen LogP contribution is -2.32. The smallest absolute Gasteiger partial charge is 0.254 e. The van der Waals surface area contributed by atoms with Gasteiger partial charge in [0.25, 0.3) is 5.91 Å². The molecule has 5 nitrogen and oxygen atoms in total. The van der Waals surface area contributed by atoms with Crippen LogP contribution in [-0.4, -0.2) is 21.0 Å². The van der Waals surface area contributed by atoms with Gasteiger partial charge in [-0.2, -0.15) is 0 Å². The molecule has 1 amide bonds. The summed E-state index contributed by atoms with van der Waals surface area (Å²) in [5.41, 5.74) is 2.12. The molecule has 0 saturated carbocycles. The molecule has 3 N–H and O–H groups in total. The summed E-state index contributed by atoms with van der Waals surface area (Å²) in [6.07, 6.45) is -1.21. The van der Waals surface area contributed by atoms with Gasteiger partial charge in [-0.3, -0.25) is 4.79 Å². The maximum atomic E-state index is 12.2. The first-order valence-electron chi connectivity index (χ1n) is 7.23. The van der Waals surface area contributed by atoms with Crippen molar-refractivity contribution in [2.75, 3.05) is 0 Å². The second kappa shape index (κ2) is 6.40. The minimum absolute atomic E-state index is 0.368. The van der Waals surface area contributed by atoms with E-state index in [2.05, 4.69) is 15.3 Å². The van der Waals surface area contributed by atoms with Gasteiger partial charge in [-0.1, -0.05) is 41.9 Å². The molecule has 3 rings (SSSR count). The van der Waals surface area contributed by atoms with E-state index in [4.69, 9.17) is 11.6 Å². The maximum absolute atomic E-state index is 12.2. The average Bonchev–Trinajstić information content (AvgIpc) is 2.98. The van der Waals surface area contributed by atoms with Crippen LogP contribution in [0.5, 0.6) is 0 Å². The van der Waals surface area contributed by atoms with E-state index >= 15 is 0 Å². The Bertz CT molecular complexity index is 832. The van der Waals surface area contributed by atoms with Crippen molar-refractivity contribution in [3.8, 4) is 0 Å². The van der Waals surface area contributed by atoms with E-state index in [1.807, 2.05) is 12.1 Å². The molecule has 118 valence electrons. The number of hydrogen-bond donors (Lipinski definition) is 3. The third-order valence-electron chi connectivity index (χ3n) is 3.59. The Kier molecular flexibility index (Phi) is 4.32. The molecule has 0 aliphatic rings. The first-order chi connectivity index (χ1) is 11.0. The van der Waals surface area contributed by atoms with Crippen molar-refractivity contribution in [2.24, 2.45) is 0 Å². The van der Waals surface area contributed by atoms with Gasteiger partial charge in [0.1, 0.15) is 5.82 Å². The zero-order valence-electron chi connectivity index (χ0n) is 12.5. The van der Waals surface area contributed by atoms with E-state index in [0.717, 1.165) is 11.0 Å². The predicted octanol–water partition coefficient (Wildman–Crippen LogP) is 3.13. The highest BCUT2D eigenvalue weighted by Crippen LogP contribution is 2.20. The summed E-state index contributed by atoms with van der Waals surface area (Å²) in [5.74, 6) is 0.137. The molecule has 0 fully saturated rings. The number of imidazole rings is 1. The first-order valence-corrected chi connectivity index (χ1v) is 7.61. The van der Waals surface area contributed by atoms with Crippen LogP contribution in [0.3, 0.4) is 0 Å². The summed E-state index contributed by atoms with van der Waals surface area (Å²) in [6.45, 7) is 1.80. The molecule has 0 aliphatic carbocycles. The number of hydrogen-bond acceptors (Lipinski definition) is 3. The lowest BCUT2D eigenvalue weighted by Gasteiger charge is -2.15. The molecule has 0 bridgehead atoms.